The van der Waals surface area contributed by atoms with Crippen LogP contribution in [0.1, 0.15) is 12.0 Å². The molecule has 7 heteroatoms. The van der Waals surface area contributed by atoms with E-state index in [1.165, 1.54) is 12.1 Å². The Morgan fingerprint density at radius 3 is 2.71 bits per heavy atom. The first kappa shape index (κ1) is 16.6. The highest BCUT2D eigenvalue weighted by Crippen LogP contribution is 2.22. The van der Waals surface area contributed by atoms with Gasteiger partial charge in [-0.05, 0) is 36.2 Å². The van der Waals surface area contributed by atoms with Crippen LogP contribution in [0.3, 0.4) is 0 Å². The fraction of sp³-hybridized carbons (Fsp3) is 0.353. The van der Waals surface area contributed by atoms with Crippen LogP contribution in [0.5, 0.6) is 0 Å². The third kappa shape index (κ3) is 3.64. The zero-order valence-corrected chi connectivity index (χ0v) is 13.8. The van der Waals surface area contributed by atoms with Crippen molar-refractivity contribution in [2.24, 2.45) is 0 Å². The van der Waals surface area contributed by atoms with E-state index in [1.807, 2.05) is 0 Å². The lowest BCUT2D eigenvalue weighted by atomic mass is 10.1. The number of nitrogens with zero attached hydrogens (tertiary/aromatic N) is 3. The molecule has 2 heterocycles. The third-order valence-corrected chi connectivity index (χ3v) is 4.55. The fourth-order valence-corrected chi connectivity index (χ4v) is 3.06. The Morgan fingerprint density at radius 1 is 1.25 bits per heavy atom. The molecule has 1 aliphatic rings. The summed E-state index contributed by atoms with van der Waals surface area (Å²) in [6, 6.07) is 6.11. The van der Waals surface area contributed by atoms with E-state index in [1.54, 1.807) is 21.9 Å². The Balaban J connectivity index is 1.66. The Labute approximate surface area is 144 Å². The molecule has 126 valence electrons. The average molecular weight is 350 g/mol. The van der Waals surface area contributed by atoms with E-state index in [4.69, 9.17) is 11.6 Å². The molecular weight excluding hydrogens is 333 g/mol. The highest BCUT2D eigenvalue weighted by molar-refractivity contribution is 6.30. The summed E-state index contributed by atoms with van der Waals surface area (Å²) in [7, 11) is 0. The summed E-state index contributed by atoms with van der Waals surface area (Å²) in [5.41, 5.74) is 1.36. The van der Waals surface area contributed by atoms with E-state index in [-0.39, 0.29) is 11.7 Å². The van der Waals surface area contributed by atoms with Gasteiger partial charge in [-0.15, -0.1) is 0 Å². The van der Waals surface area contributed by atoms with Gasteiger partial charge in [0, 0.05) is 38.0 Å². The molecule has 0 aliphatic carbocycles. The molecule has 0 saturated carbocycles. The van der Waals surface area contributed by atoms with Crippen LogP contribution >= 0.6 is 11.6 Å². The number of piperazine rings is 1. The van der Waals surface area contributed by atoms with Crippen molar-refractivity contribution in [2.75, 3.05) is 26.2 Å². The number of aromatic nitrogens is 1. The maximum absolute atomic E-state index is 13.3. The van der Waals surface area contributed by atoms with Gasteiger partial charge in [0.05, 0.1) is 5.52 Å². The lowest BCUT2D eigenvalue weighted by Gasteiger charge is -2.32. The number of pyridine rings is 1. The monoisotopic (exact) mass is 349 g/mol. The lowest BCUT2D eigenvalue weighted by Crippen LogP contribution is -2.48. The lowest BCUT2D eigenvalue weighted by molar-refractivity contribution is -0.135. The quantitative estimate of drug-likeness (QED) is 0.628. The molecule has 1 aromatic heterocycles. The second-order valence-electron chi connectivity index (χ2n) is 5.80. The zero-order chi connectivity index (χ0) is 17.1. The summed E-state index contributed by atoms with van der Waals surface area (Å²) in [4.78, 5) is 30.6. The Bertz CT molecular complexity index is 776. The van der Waals surface area contributed by atoms with Crippen molar-refractivity contribution < 1.29 is 14.0 Å². The number of halogens is 2. The van der Waals surface area contributed by atoms with Crippen LogP contribution in [-0.2, 0) is 16.0 Å². The summed E-state index contributed by atoms with van der Waals surface area (Å²) in [5.74, 6) is -0.308. The first-order valence-electron chi connectivity index (χ1n) is 7.78. The molecule has 0 bridgehead atoms. The molecule has 0 N–H and O–H groups in total. The van der Waals surface area contributed by atoms with E-state index in [0.717, 1.165) is 12.0 Å². The third-order valence-electron chi connectivity index (χ3n) is 4.23. The normalized spacial score (nSPS) is 14.9. The predicted octanol–water partition coefficient (Wildman–Crippen LogP) is 2.26. The van der Waals surface area contributed by atoms with E-state index in [2.05, 4.69) is 4.98 Å². The van der Waals surface area contributed by atoms with E-state index < -0.39 is 0 Å². The fourth-order valence-electron chi connectivity index (χ4n) is 2.82. The standard InChI is InChI=1S/C17H17ClFN3O2/c18-17-12(9-13-10-14(19)2-3-15(13)20-17)1-4-16(24)22-7-5-21(11-23)6-8-22/h2-3,9-11H,1,4-8H2. The number of amides is 2. The van der Waals surface area contributed by atoms with Crippen molar-refractivity contribution >= 4 is 34.8 Å². The molecule has 1 fully saturated rings. The smallest absolute Gasteiger partial charge is 0.223 e. The Hall–Kier alpha value is -2.21. The molecule has 0 spiro atoms. The van der Waals surface area contributed by atoms with E-state index in [9.17, 15) is 14.0 Å². The molecule has 2 aromatic rings. The zero-order valence-electron chi connectivity index (χ0n) is 13.0. The highest BCUT2D eigenvalue weighted by Gasteiger charge is 2.20. The van der Waals surface area contributed by atoms with Crippen LogP contribution in [0, 0.1) is 5.82 Å². The molecule has 1 saturated heterocycles. The van der Waals surface area contributed by atoms with Gasteiger partial charge in [-0.2, -0.15) is 0 Å². The van der Waals surface area contributed by atoms with Gasteiger partial charge in [-0.1, -0.05) is 11.6 Å². The van der Waals surface area contributed by atoms with Gasteiger partial charge >= 0.3 is 0 Å². The molecule has 2 amide bonds. The number of aryl methyl sites for hydroxylation is 1. The number of hydrogen-bond donors (Lipinski definition) is 0. The predicted molar refractivity (Wildman–Crippen MR) is 89.2 cm³/mol. The molecule has 0 unspecified atom stereocenters. The number of benzene rings is 1. The number of fused-ring (bicyclic) bond motifs is 1. The van der Waals surface area contributed by atoms with Gasteiger partial charge < -0.3 is 9.80 Å². The highest BCUT2D eigenvalue weighted by atomic mass is 35.5. The van der Waals surface area contributed by atoms with Crippen molar-refractivity contribution in [3.8, 4) is 0 Å². The number of carbonyl (C=O) groups excluding carboxylic acids is 2. The summed E-state index contributed by atoms with van der Waals surface area (Å²) >= 11 is 6.17. The number of rotatable bonds is 4. The van der Waals surface area contributed by atoms with Gasteiger partial charge in [0.25, 0.3) is 0 Å². The van der Waals surface area contributed by atoms with Crippen LogP contribution in [0.15, 0.2) is 24.3 Å². The van der Waals surface area contributed by atoms with Gasteiger partial charge in [-0.25, -0.2) is 9.37 Å². The molecule has 1 aromatic carbocycles. The van der Waals surface area contributed by atoms with E-state index >= 15 is 0 Å². The van der Waals surface area contributed by atoms with Crippen LogP contribution in [-0.4, -0.2) is 53.3 Å². The second kappa shape index (κ2) is 7.13. The largest absolute Gasteiger partial charge is 0.342 e. The maximum atomic E-state index is 13.3. The number of carbonyl (C=O) groups is 2. The van der Waals surface area contributed by atoms with Crippen LogP contribution < -0.4 is 0 Å². The maximum Gasteiger partial charge on any atom is 0.223 e. The molecule has 0 atom stereocenters. The van der Waals surface area contributed by atoms with Gasteiger partial charge in [0.2, 0.25) is 12.3 Å². The summed E-state index contributed by atoms with van der Waals surface area (Å²) in [6.45, 7) is 2.22. The molecular formula is C17H17ClFN3O2. The minimum absolute atomic E-state index is 0.0240. The SMILES string of the molecule is O=CN1CCN(C(=O)CCc2cc3cc(F)ccc3nc2Cl)CC1. The topological polar surface area (TPSA) is 53.5 Å². The van der Waals surface area contributed by atoms with Gasteiger partial charge in [-0.3, -0.25) is 9.59 Å². The summed E-state index contributed by atoms with van der Waals surface area (Å²) in [6.07, 6.45) is 1.57. The minimum Gasteiger partial charge on any atom is -0.342 e. The van der Waals surface area contributed by atoms with Gasteiger partial charge in [0.15, 0.2) is 0 Å². The molecule has 1 aliphatic heterocycles. The minimum atomic E-state index is -0.332. The van der Waals surface area contributed by atoms with Crippen LogP contribution in [0.25, 0.3) is 10.9 Å². The van der Waals surface area contributed by atoms with Crippen LogP contribution in [0.4, 0.5) is 4.39 Å². The second-order valence-corrected chi connectivity index (χ2v) is 6.16. The summed E-state index contributed by atoms with van der Waals surface area (Å²) < 4.78 is 13.3. The molecule has 3 rings (SSSR count). The molecule has 0 radical (unpaired) electrons. The average Bonchev–Trinajstić information content (AvgIpc) is 2.60. The Kier molecular flexibility index (Phi) is 4.94. The van der Waals surface area contributed by atoms with E-state index in [0.29, 0.717) is 55.1 Å². The van der Waals surface area contributed by atoms with Crippen molar-refractivity contribution in [3.05, 3.63) is 40.8 Å². The first-order valence-corrected chi connectivity index (χ1v) is 8.16. The Morgan fingerprint density at radius 2 is 2.00 bits per heavy atom. The molecule has 5 nitrogen and oxygen atoms in total. The van der Waals surface area contributed by atoms with Crippen molar-refractivity contribution in [1.82, 2.24) is 14.8 Å². The first-order chi connectivity index (χ1) is 11.6. The number of hydrogen-bond acceptors (Lipinski definition) is 3. The molecule has 24 heavy (non-hydrogen) atoms. The van der Waals surface area contributed by atoms with Gasteiger partial charge in [0.1, 0.15) is 11.0 Å². The van der Waals surface area contributed by atoms with Crippen molar-refractivity contribution in [1.29, 1.82) is 0 Å². The summed E-state index contributed by atoms with van der Waals surface area (Å²) in [5, 5.41) is 1.01. The van der Waals surface area contributed by atoms with Crippen molar-refractivity contribution in [3.63, 3.8) is 0 Å². The van der Waals surface area contributed by atoms with Crippen LogP contribution in [0.2, 0.25) is 5.15 Å². The van der Waals surface area contributed by atoms with Crippen molar-refractivity contribution in [2.45, 2.75) is 12.8 Å².